The molecule has 0 spiro atoms. The highest BCUT2D eigenvalue weighted by Crippen LogP contribution is 2.40. The maximum absolute atomic E-state index is 14.7. The molecule has 3 aromatic carbocycles. The summed E-state index contributed by atoms with van der Waals surface area (Å²) >= 11 is 0. The van der Waals surface area contributed by atoms with Crippen LogP contribution < -0.4 is 15.4 Å². The maximum atomic E-state index is 14.7. The van der Waals surface area contributed by atoms with Gasteiger partial charge in [0.1, 0.15) is 24.5 Å². The number of aromatic nitrogens is 3. The molecule has 2 amide bonds. The average Bonchev–Trinajstić information content (AvgIpc) is 3.62. The van der Waals surface area contributed by atoms with E-state index in [2.05, 4.69) is 9.97 Å². The number of anilines is 3. The summed E-state index contributed by atoms with van der Waals surface area (Å²) in [6.07, 6.45) is 1.80. The van der Waals surface area contributed by atoms with Crippen molar-refractivity contribution in [3.8, 4) is 0 Å². The number of amides is 2. The van der Waals surface area contributed by atoms with Crippen LogP contribution in [0.2, 0.25) is 0 Å². The summed E-state index contributed by atoms with van der Waals surface area (Å²) in [7, 11) is -3.80. The lowest BCUT2D eigenvalue weighted by Gasteiger charge is -2.38. The van der Waals surface area contributed by atoms with E-state index in [0.717, 1.165) is 22.9 Å². The Labute approximate surface area is 294 Å². The first-order valence-electron chi connectivity index (χ1n) is 16.5. The highest BCUT2D eigenvalue weighted by molar-refractivity contribution is 7.90. The van der Waals surface area contributed by atoms with Crippen LogP contribution in [0.25, 0.3) is 11.0 Å². The molecule has 4 heterocycles. The Kier molecular flexibility index (Phi) is 9.17. The quantitative estimate of drug-likeness (QED) is 0.202. The van der Waals surface area contributed by atoms with Crippen LogP contribution in [0, 0.1) is 6.92 Å². The lowest BCUT2D eigenvalue weighted by Crippen LogP contribution is -2.45. The van der Waals surface area contributed by atoms with Crippen molar-refractivity contribution in [1.82, 2.24) is 19.4 Å². The van der Waals surface area contributed by atoms with Crippen molar-refractivity contribution in [2.45, 2.75) is 37.8 Å². The molecule has 51 heavy (non-hydrogen) atoms. The SMILES string of the molecule is Cc1cccc2c1N(C(=O)OCc1ccccc1)CCN2c1cc2cnc(S(C)(=O)=O)nc2n([C@H]2CCN(C(=O)OCc3ccccc3)C2)c1=O. The van der Waals surface area contributed by atoms with E-state index < -0.39 is 38.8 Å². The van der Waals surface area contributed by atoms with Gasteiger partial charge in [-0.3, -0.25) is 14.3 Å². The van der Waals surface area contributed by atoms with Gasteiger partial charge in [0.25, 0.3) is 5.56 Å². The van der Waals surface area contributed by atoms with E-state index in [9.17, 15) is 22.8 Å². The molecular weight excluding hydrogens is 673 g/mol. The number of ether oxygens (including phenoxy) is 2. The molecule has 0 radical (unpaired) electrons. The lowest BCUT2D eigenvalue weighted by molar-refractivity contribution is 0.103. The Hall–Kier alpha value is -5.76. The first-order valence-corrected chi connectivity index (χ1v) is 18.4. The number of carbonyl (C=O) groups is 2. The molecule has 7 rings (SSSR count). The number of pyridine rings is 1. The van der Waals surface area contributed by atoms with Crippen molar-refractivity contribution in [3.63, 3.8) is 0 Å². The van der Waals surface area contributed by atoms with Gasteiger partial charge >= 0.3 is 12.2 Å². The summed E-state index contributed by atoms with van der Waals surface area (Å²) in [6.45, 7) is 3.09. The number of sulfone groups is 1. The average molecular weight is 709 g/mol. The first kappa shape index (κ1) is 33.7. The molecule has 1 fully saturated rings. The van der Waals surface area contributed by atoms with Gasteiger partial charge in [0.2, 0.25) is 15.0 Å². The van der Waals surface area contributed by atoms with Crippen molar-refractivity contribution >= 4 is 50.1 Å². The third-order valence-electron chi connectivity index (χ3n) is 9.10. The van der Waals surface area contributed by atoms with Gasteiger partial charge in [0.15, 0.2) is 0 Å². The minimum Gasteiger partial charge on any atom is -0.445 e. The molecular formula is C37H36N6O7S. The number of nitrogens with zero attached hydrogens (tertiary/aromatic N) is 6. The highest BCUT2D eigenvalue weighted by Gasteiger charge is 2.35. The third kappa shape index (κ3) is 6.86. The smallest absolute Gasteiger partial charge is 0.414 e. The van der Waals surface area contributed by atoms with Crippen LogP contribution in [0.5, 0.6) is 0 Å². The molecule has 0 N–H and O–H groups in total. The van der Waals surface area contributed by atoms with E-state index in [-0.39, 0.29) is 38.5 Å². The van der Waals surface area contributed by atoms with Crippen molar-refractivity contribution in [2.24, 2.45) is 0 Å². The van der Waals surface area contributed by atoms with Crippen LogP contribution in [0.1, 0.15) is 29.2 Å². The molecule has 1 saturated heterocycles. The zero-order valence-corrected chi connectivity index (χ0v) is 29.0. The van der Waals surface area contributed by atoms with E-state index in [1.54, 1.807) is 11.0 Å². The fraction of sp³-hybridized carbons (Fsp3) is 0.270. The Balaban J connectivity index is 1.24. The molecule has 2 aliphatic rings. The number of para-hydroxylation sites is 1. The molecule has 262 valence electrons. The lowest BCUT2D eigenvalue weighted by atomic mass is 10.1. The molecule has 13 nitrogen and oxygen atoms in total. The molecule has 2 aliphatic heterocycles. The minimum absolute atomic E-state index is 0.106. The van der Waals surface area contributed by atoms with Gasteiger partial charge in [-0.15, -0.1) is 0 Å². The van der Waals surface area contributed by atoms with Crippen molar-refractivity contribution in [2.75, 3.05) is 42.2 Å². The predicted octanol–water partition coefficient (Wildman–Crippen LogP) is 5.38. The maximum Gasteiger partial charge on any atom is 0.414 e. The monoisotopic (exact) mass is 708 g/mol. The van der Waals surface area contributed by atoms with Gasteiger partial charge in [-0.1, -0.05) is 72.8 Å². The summed E-state index contributed by atoms with van der Waals surface area (Å²) in [5.41, 5.74) is 3.80. The minimum atomic E-state index is -3.80. The van der Waals surface area contributed by atoms with E-state index in [4.69, 9.17) is 9.47 Å². The second-order valence-electron chi connectivity index (χ2n) is 12.6. The van der Waals surface area contributed by atoms with Crippen molar-refractivity contribution < 1.29 is 27.5 Å². The molecule has 1 atom stereocenters. The Morgan fingerprint density at radius 3 is 2.18 bits per heavy atom. The summed E-state index contributed by atoms with van der Waals surface area (Å²) in [6, 6.07) is 25.5. The normalized spacial score (nSPS) is 15.9. The van der Waals surface area contributed by atoms with Crippen LogP contribution >= 0.6 is 0 Å². The second-order valence-corrected chi connectivity index (χ2v) is 14.5. The summed E-state index contributed by atoms with van der Waals surface area (Å²) < 4.78 is 37.7. The second kappa shape index (κ2) is 13.9. The van der Waals surface area contributed by atoms with Gasteiger partial charge in [-0.2, -0.15) is 4.98 Å². The standard InChI is InChI=1S/C37H36N6O7S/c1-25-10-9-15-30-32(25)42(37(46)50-24-27-13-7-4-8-14-27)19-18-41(30)31-20-28-21-38-35(51(2,47)48)39-33(28)43(34(31)44)29-16-17-40(22-29)36(45)49-23-26-11-5-3-6-12-26/h3-15,20-21,29H,16-19,22-24H2,1-2H3/t29-/m0/s1. The number of benzene rings is 3. The zero-order valence-electron chi connectivity index (χ0n) is 28.1. The Bertz CT molecular complexity index is 2280. The third-order valence-corrected chi connectivity index (χ3v) is 9.96. The topological polar surface area (TPSA) is 144 Å². The van der Waals surface area contributed by atoms with Gasteiger partial charge < -0.3 is 19.3 Å². The number of aryl methyl sites for hydroxylation is 1. The molecule has 5 aromatic rings. The number of likely N-dealkylation sites (tertiary alicyclic amines) is 1. The van der Waals surface area contributed by atoms with Gasteiger partial charge in [-0.25, -0.2) is 23.0 Å². The van der Waals surface area contributed by atoms with E-state index in [0.29, 0.717) is 35.4 Å². The summed E-state index contributed by atoms with van der Waals surface area (Å²) in [4.78, 5) is 54.6. The van der Waals surface area contributed by atoms with Gasteiger partial charge in [-0.05, 0) is 42.2 Å². The number of fused-ring (bicyclic) bond motifs is 2. The van der Waals surface area contributed by atoms with Gasteiger partial charge in [0, 0.05) is 44.0 Å². The predicted molar refractivity (Wildman–Crippen MR) is 191 cm³/mol. The number of rotatable bonds is 7. The van der Waals surface area contributed by atoms with Crippen LogP contribution in [-0.2, 0) is 32.5 Å². The Morgan fingerprint density at radius 2 is 1.51 bits per heavy atom. The molecule has 14 heteroatoms. The molecule has 2 aromatic heterocycles. The van der Waals surface area contributed by atoms with Crippen molar-refractivity contribution in [1.29, 1.82) is 0 Å². The van der Waals surface area contributed by atoms with Crippen LogP contribution in [0.3, 0.4) is 0 Å². The van der Waals surface area contributed by atoms with Crippen LogP contribution in [0.15, 0.2) is 101 Å². The summed E-state index contributed by atoms with van der Waals surface area (Å²) in [5, 5.41) is 0.0395. The molecule has 0 saturated carbocycles. The highest BCUT2D eigenvalue weighted by atomic mass is 32.2. The van der Waals surface area contributed by atoms with Crippen LogP contribution in [-0.4, -0.2) is 72.5 Å². The Morgan fingerprint density at radius 1 is 0.843 bits per heavy atom. The number of hydrogen-bond acceptors (Lipinski definition) is 10. The fourth-order valence-corrected chi connectivity index (χ4v) is 7.10. The van der Waals surface area contributed by atoms with Gasteiger partial charge in [0.05, 0.1) is 17.4 Å². The zero-order chi connectivity index (χ0) is 35.7. The summed E-state index contributed by atoms with van der Waals surface area (Å²) in [5.74, 6) is 0. The first-order chi connectivity index (χ1) is 24.6. The van der Waals surface area contributed by atoms with Crippen LogP contribution in [0.4, 0.5) is 26.7 Å². The van der Waals surface area contributed by atoms with E-state index >= 15 is 0 Å². The number of hydrogen-bond donors (Lipinski definition) is 0. The van der Waals surface area contributed by atoms with E-state index in [1.165, 1.54) is 15.7 Å². The molecule has 0 bridgehead atoms. The molecule has 0 aliphatic carbocycles. The largest absolute Gasteiger partial charge is 0.445 e. The van der Waals surface area contributed by atoms with Crippen molar-refractivity contribution in [3.05, 3.63) is 118 Å². The fourth-order valence-electron chi connectivity index (χ4n) is 6.60. The number of carbonyl (C=O) groups excluding carboxylic acids is 2. The molecule has 0 unspecified atom stereocenters. The van der Waals surface area contributed by atoms with E-state index in [1.807, 2.05) is 90.7 Å².